The predicted octanol–water partition coefficient (Wildman–Crippen LogP) is 2.38. The van der Waals surface area contributed by atoms with Crippen LogP contribution in [0.25, 0.3) is 0 Å². The predicted molar refractivity (Wildman–Crippen MR) is 140 cm³/mol. The van der Waals surface area contributed by atoms with Gasteiger partial charge in [-0.1, -0.05) is 52.2 Å². The van der Waals surface area contributed by atoms with E-state index in [0.717, 1.165) is 31.2 Å². The summed E-state index contributed by atoms with van der Waals surface area (Å²) in [4.78, 5) is 41.9. The Balaban J connectivity index is 1.71. The van der Waals surface area contributed by atoms with Crippen molar-refractivity contribution in [2.45, 2.75) is 102 Å². The van der Waals surface area contributed by atoms with Gasteiger partial charge >= 0.3 is 0 Å². The molecule has 8 nitrogen and oxygen atoms in total. The van der Waals surface area contributed by atoms with Crippen molar-refractivity contribution >= 4 is 23.4 Å². The number of nitrogens with zero attached hydrogens (tertiary/aromatic N) is 1. The number of nitrogens with one attached hydrogen (secondary N) is 3. The van der Waals surface area contributed by atoms with Gasteiger partial charge in [0.05, 0.1) is 12.1 Å². The van der Waals surface area contributed by atoms with Gasteiger partial charge in [-0.3, -0.25) is 19.3 Å². The van der Waals surface area contributed by atoms with E-state index >= 15 is 0 Å². The number of piperidine rings is 1. The van der Waals surface area contributed by atoms with E-state index in [1.807, 2.05) is 24.3 Å². The molecule has 0 radical (unpaired) electrons. The molecule has 2 heterocycles. The van der Waals surface area contributed by atoms with Gasteiger partial charge in [0.25, 0.3) is 0 Å². The normalized spacial score (nSPS) is 26.2. The number of β-amino-alcohol motifs (C(OH)–C–C–N with tert-alkyl or cyclic N) is 1. The lowest BCUT2D eigenvalue weighted by Gasteiger charge is -2.40. The molecule has 1 aromatic carbocycles. The Kier molecular flexibility index (Phi) is 8.35. The lowest BCUT2D eigenvalue weighted by Crippen LogP contribution is -2.60. The molecule has 8 heteroatoms. The summed E-state index contributed by atoms with van der Waals surface area (Å²) >= 11 is 0. The Morgan fingerprint density at radius 3 is 2.36 bits per heavy atom. The number of carbonyl (C=O) groups is 3. The van der Waals surface area contributed by atoms with Crippen LogP contribution < -0.4 is 20.9 Å². The first-order valence-corrected chi connectivity index (χ1v) is 13.6. The SMILES string of the molecule is CC(C)(C)c1ccc(N(C(=O)C2CC(O)CN2)C(C(=O)NC2CCCCC2)C2CCNC(=O)C2)cc1. The monoisotopic (exact) mass is 498 g/mol. The minimum Gasteiger partial charge on any atom is -0.392 e. The summed E-state index contributed by atoms with van der Waals surface area (Å²) < 4.78 is 0. The van der Waals surface area contributed by atoms with Crippen molar-refractivity contribution in [3.8, 4) is 0 Å². The van der Waals surface area contributed by atoms with E-state index in [9.17, 15) is 19.5 Å². The van der Waals surface area contributed by atoms with Crippen LogP contribution in [0.15, 0.2) is 24.3 Å². The Morgan fingerprint density at radius 1 is 1.08 bits per heavy atom. The van der Waals surface area contributed by atoms with Crippen LogP contribution in [0, 0.1) is 5.92 Å². The van der Waals surface area contributed by atoms with Crippen molar-refractivity contribution in [2.24, 2.45) is 5.92 Å². The number of anilines is 1. The van der Waals surface area contributed by atoms with Gasteiger partial charge in [0.1, 0.15) is 6.04 Å². The van der Waals surface area contributed by atoms with Crippen LogP contribution in [0.4, 0.5) is 5.69 Å². The number of hydrogen-bond donors (Lipinski definition) is 4. The first-order chi connectivity index (χ1) is 17.1. The second kappa shape index (κ2) is 11.3. The van der Waals surface area contributed by atoms with Crippen LogP contribution >= 0.6 is 0 Å². The van der Waals surface area contributed by atoms with E-state index in [2.05, 4.69) is 36.7 Å². The quantitative estimate of drug-likeness (QED) is 0.481. The van der Waals surface area contributed by atoms with E-state index in [1.54, 1.807) is 4.90 Å². The Morgan fingerprint density at radius 2 is 1.78 bits per heavy atom. The lowest BCUT2D eigenvalue weighted by molar-refractivity contribution is -0.131. The average Bonchev–Trinajstić information content (AvgIpc) is 3.28. The summed E-state index contributed by atoms with van der Waals surface area (Å²) in [6, 6.07) is 6.56. The van der Waals surface area contributed by atoms with Gasteiger partial charge in [-0.2, -0.15) is 0 Å². The fourth-order valence-electron chi connectivity index (χ4n) is 5.77. The van der Waals surface area contributed by atoms with E-state index < -0.39 is 18.2 Å². The molecule has 3 fully saturated rings. The topological polar surface area (TPSA) is 111 Å². The summed E-state index contributed by atoms with van der Waals surface area (Å²) in [5, 5.41) is 19.3. The van der Waals surface area contributed by atoms with Crippen LogP contribution in [0.1, 0.15) is 77.7 Å². The average molecular weight is 499 g/mol. The largest absolute Gasteiger partial charge is 0.392 e. The number of benzene rings is 1. The van der Waals surface area contributed by atoms with Gasteiger partial charge < -0.3 is 21.1 Å². The molecule has 1 aromatic rings. The van der Waals surface area contributed by atoms with Crippen molar-refractivity contribution in [3.63, 3.8) is 0 Å². The third-order valence-corrected chi connectivity index (χ3v) is 7.88. The van der Waals surface area contributed by atoms with Crippen molar-refractivity contribution in [1.82, 2.24) is 16.0 Å². The Hall–Kier alpha value is -2.45. The van der Waals surface area contributed by atoms with Crippen molar-refractivity contribution in [3.05, 3.63) is 29.8 Å². The van der Waals surface area contributed by atoms with Crippen LogP contribution in [-0.4, -0.2) is 60.1 Å². The highest BCUT2D eigenvalue weighted by molar-refractivity contribution is 6.04. The first-order valence-electron chi connectivity index (χ1n) is 13.6. The zero-order valence-electron chi connectivity index (χ0n) is 21.9. The molecule has 0 spiro atoms. The highest BCUT2D eigenvalue weighted by atomic mass is 16.3. The smallest absolute Gasteiger partial charge is 0.244 e. The number of carbonyl (C=O) groups excluding carboxylic acids is 3. The van der Waals surface area contributed by atoms with Gasteiger partial charge in [0.2, 0.25) is 17.7 Å². The molecule has 2 aliphatic heterocycles. The highest BCUT2D eigenvalue weighted by Crippen LogP contribution is 2.31. The fourth-order valence-corrected chi connectivity index (χ4v) is 5.77. The Bertz CT molecular complexity index is 936. The molecule has 4 rings (SSSR count). The molecule has 4 N–H and O–H groups in total. The second-order valence-electron chi connectivity index (χ2n) is 11.7. The molecule has 3 amide bonds. The van der Waals surface area contributed by atoms with Crippen molar-refractivity contribution < 1.29 is 19.5 Å². The number of amides is 3. The Labute approximate surface area is 214 Å². The molecule has 4 unspecified atom stereocenters. The van der Waals surface area contributed by atoms with E-state index in [1.165, 1.54) is 6.42 Å². The van der Waals surface area contributed by atoms with E-state index in [4.69, 9.17) is 0 Å². The van der Waals surface area contributed by atoms with Gasteiger partial charge in [-0.25, -0.2) is 0 Å². The van der Waals surface area contributed by atoms with E-state index in [0.29, 0.717) is 31.6 Å². The maximum absolute atomic E-state index is 14.0. The third-order valence-electron chi connectivity index (χ3n) is 7.88. The summed E-state index contributed by atoms with van der Waals surface area (Å²) in [6.45, 7) is 7.24. The van der Waals surface area contributed by atoms with Crippen molar-refractivity contribution in [1.29, 1.82) is 0 Å². The highest BCUT2D eigenvalue weighted by Gasteiger charge is 2.43. The van der Waals surface area contributed by atoms with Crippen LogP contribution in [0.2, 0.25) is 0 Å². The fraction of sp³-hybridized carbons (Fsp3) is 0.679. The van der Waals surface area contributed by atoms with Gasteiger partial charge in [0, 0.05) is 31.2 Å². The standard InChI is InChI=1S/C28H42N4O4/c1-28(2,3)19-9-11-21(12-10-19)32(27(36)23-16-22(33)17-30-23)25(18-13-14-29-24(34)15-18)26(35)31-20-7-5-4-6-8-20/h9-12,18,20,22-23,25,30,33H,4-8,13-17H2,1-3H3,(H,29,34)(H,31,35). The van der Waals surface area contributed by atoms with Gasteiger partial charge in [0.15, 0.2) is 0 Å². The zero-order valence-corrected chi connectivity index (χ0v) is 21.9. The lowest BCUT2D eigenvalue weighted by atomic mass is 9.85. The third kappa shape index (κ3) is 6.27. The molecule has 2 saturated heterocycles. The summed E-state index contributed by atoms with van der Waals surface area (Å²) in [5.41, 5.74) is 1.73. The van der Waals surface area contributed by atoms with Crippen LogP contribution in [-0.2, 0) is 19.8 Å². The van der Waals surface area contributed by atoms with Crippen LogP contribution in [0.5, 0.6) is 0 Å². The number of hydrogen-bond acceptors (Lipinski definition) is 5. The molecule has 1 aliphatic carbocycles. The molecule has 198 valence electrons. The zero-order chi connectivity index (χ0) is 25.9. The molecular weight excluding hydrogens is 456 g/mol. The first kappa shape index (κ1) is 26.6. The minimum absolute atomic E-state index is 0.0519. The number of aliphatic hydroxyl groups is 1. The molecule has 4 atom stereocenters. The summed E-state index contributed by atoms with van der Waals surface area (Å²) in [5.74, 6) is -0.801. The molecule has 1 saturated carbocycles. The van der Waals surface area contributed by atoms with Crippen molar-refractivity contribution in [2.75, 3.05) is 18.0 Å². The van der Waals surface area contributed by atoms with Gasteiger partial charge in [-0.05, 0) is 54.7 Å². The second-order valence-corrected chi connectivity index (χ2v) is 11.7. The number of rotatable bonds is 6. The maximum Gasteiger partial charge on any atom is 0.244 e. The molecule has 36 heavy (non-hydrogen) atoms. The molecule has 3 aliphatic rings. The van der Waals surface area contributed by atoms with Gasteiger partial charge in [-0.15, -0.1) is 0 Å². The summed E-state index contributed by atoms with van der Waals surface area (Å²) in [6.07, 6.45) is 5.76. The van der Waals surface area contributed by atoms with Crippen LogP contribution in [0.3, 0.4) is 0 Å². The minimum atomic E-state index is -0.800. The summed E-state index contributed by atoms with van der Waals surface area (Å²) in [7, 11) is 0. The molecule has 0 aromatic heterocycles. The van der Waals surface area contributed by atoms with E-state index in [-0.39, 0.29) is 41.5 Å². The molecule has 0 bridgehead atoms. The number of aliphatic hydroxyl groups excluding tert-OH is 1. The maximum atomic E-state index is 14.0. The molecular formula is C28H42N4O4.